The second-order valence-corrected chi connectivity index (χ2v) is 7.34. The van der Waals surface area contributed by atoms with Crippen LogP contribution in [0.4, 0.5) is 5.69 Å². The molecule has 3 rings (SSSR count). The number of rotatable bonds is 3. The van der Waals surface area contributed by atoms with Gasteiger partial charge in [-0.2, -0.15) is 0 Å². The van der Waals surface area contributed by atoms with Gasteiger partial charge in [0.05, 0.1) is 10.8 Å². The first-order chi connectivity index (χ1) is 10.9. The Labute approximate surface area is 138 Å². The summed E-state index contributed by atoms with van der Waals surface area (Å²) in [6.45, 7) is 1.99. The Morgan fingerprint density at radius 1 is 1.35 bits per heavy atom. The van der Waals surface area contributed by atoms with Crippen LogP contribution >= 0.6 is 11.3 Å². The first kappa shape index (κ1) is 16.0. The van der Waals surface area contributed by atoms with Crippen molar-refractivity contribution in [2.24, 2.45) is 5.92 Å². The molecule has 0 unspecified atom stereocenters. The minimum atomic E-state index is -1.01. The zero-order valence-corrected chi connectivity index (χ0v) is 13.8. The molecule has 0 atom stereocenters. The van der Waals surface area contributed by atoms with Crippen molar-refractivity contribution in [3.63, 3.8) is 0 Å². The molecule has 1 aromatic carbocycles. The molecule has 0 spiro atoms. The molecule has 1 aliphatic carbocycles. The summed E-state index contributed by atoms with van der Waals surface area (Å²) in [5.74, 6) is -1.13. The SMILES string of the molecule is Cc1cc(N)cc(-c2cnc(C3(O)CCC(C(=O)O)CC3)s2)c1. The third-order valence-corrected chi connectivity index (χ3v) is 5.69. The van der Waals surface area contributed by atoms with Crippen molar-refractivity contribution in [2.75, 3.05) is 5.73 Å². The standard InChI is InChI=1S/C17H20N2O3S/c1-10-6-12(8-13(18)7-10)14-9-19-16(23-14)17(22)4-2-11(3-5-17)15(20)21/h6-9,11,22H,2-5,18H2,1H3,(H,20,21). The van der Waals surface area contributed by atoms with E-state index in [1.54, 1.807) is 6.20 Å². The van der Waals surface area contributed by atoms with E-state index in [0.717, 1.165) is 16.0 Å². The third kappa shape index (κ3) is 3.23. The maximum absolute atomic E-state index is 11.0. The lowest BCUT2D eigenvalue weighted by atomic mass is 9.79. The Morgan fingerprint density at radius 2 is 2.04 bits per heavy atom. The molecule has 1 saturated carbocycles. The Morgan fingerprint density at radius 3 is 2.65 bits per heavy atom. The first-order valence-corrected chi connectivity index (χ1v) is 8.48. The molecule has 5 nitrogen and oxygen atoms in total. The van der Waals surface area contributed by atoms with Crippen molar-refractivity contribution in [2.45, 2.75) is 38.2 Å². The summed E-state index contributed by atoms with van der Waals surface area (Å²) in [6, 6.07) is 5.85. The van der Waals surface area contributed by atoms with Crippen molar-refractivity contribution in [3.8, 4) is 10.4 Å². The number of aliphatic carboxylic acids is 1. The highest BCUT2D eigenvalue weighted by Gasteiger charge is 2.39. The van der Waals surface area contributed by atoms with Gasteiger partial charge in [0.15, 0.2) is 0 Å². The lowest BCUT2D eigenvalue weighted by molar-refractivity contribution is -0.145. The van der Waals surface area contributed by atoms with E-state index in [4.69, 9.17) is 10.8 Å². The zero-order valence-electron chi connectivity index (χ0n) is 13.0. The molecule has 23 heavy (non-hydrogen) atoms. The molecule has 2 aromatic rings. The zero-order chi connectivity index (χ0) is 16.6. The summed E-state index contributed by atoms with van der Waals surface area (Å²) in [5.41, 5.74) is 7.66. The lowest BCUT2D eigenvalue weighted by Crippen LogP contribution is -2.33. The van der Waals surface area contributed by atoms with Crippen molar-refractivity contribution in [1.29, 1.82) is 0 Å². The minimum absolute atomic E-state index is 0.355. The number of aryl methyl sites for hydroxylation is 1. The molecule has 6 heteroatoms. The molecule has 122 valence electrons. The maximum Gasteiger partial charge on any atom is 0.306 e. The summed E-state index contributed by atoms with van der Waals surface area (Å²) in [5, 5.41) is 20.6. The number of nitrogens with two attached hydrogens (primary N) is 1. The van der Waals surface area contributed by atoms with Crippen LogP contribution in [0, 0.1) is 12.8 Å². The fourth-order valence-electron chi connectivity index (χ4n) is 3.13. The normalized spacial score (nSPS) is 24.5. The average Bonchev–Trinajstić information content (AvgIpc) is 2.97. The van der Waals surface area contributed by atoms with Crippen LogP contribution in [0.25, 0.3) is 10.4 Å². The highest BCUT2D eigenvalue weighted by Crippen LogP contribution is 2.42. The molecular weight excluding hydrogens is 312 g/mol. The quantitative estimate of drug-likeness (QED) is 0.750. The number of aromatic nitrogens is 1. The van der Waals surface area contributed by atoms with Crippen LogP contribution in [0.15, 0.2) is 24.4 Å². The fraction of sp³-hybridized carbons (Fsp3) is 0.412. The fourth-order valence-corrected chi connectivity index (χ4v) is 4.18. The number of benzene rings is 1. The van der Waals surface area contributed by atoms with E-state index in [1.165, 1.54) is 11.3 Å². The van der Waals surface area contributed by atoms with Gasteiger partial charge in [0.25, 0.3) is 0 Å². The molecule has 1 aliphatic rings. The molecule has 0 aliphatic heterocycles. The molecule has 1 aromatic heterocycles. The van der Waals surface area contributed by atoms with Crippen LogP contribution < -0.4 is 5.73 Å². The predicted octanol–water partition coefficient (Wildman–Crippen LogP) is 3.16. The molecule has 1 heterocycles. The van der Waals surface area contributed by atoms with Crippen molar-refractivity contribution >= 4 is 23.0 Å². The summed E-state index contributed by atoms with van der Waals surface area (Å²) >= 11 is 1.45. The van der Waals surface area contributed by atoms with Gasteiger partial charge in [0.2, 0.25) is 0 Å². The lowest BCUT2D eigenvalue weighted by Gasteiger charge is -2.32. The van der Waals surface area contributed by atoms with Crippen LogP contribution in [0.2, 0.25) is 0 Å². The van der Waals surface area contributed by atoms with Gasteiger partial charge in [0.1, 0.15) is 10.6 Å². The second kappa shape index (κ2) is 5.94. The molecule has 0 bridgehead atoms. The minimum Gasteiger partial charge on any atom is -0.481 e. The molecule has 4 N–H and O–H groups in total. The van der Waals surface area contributed by atoms with Gasteiger partial charge < -0.3 is 15.9 Å². The van der Waals surface area contributed by atoms with E-state index in [1.807, 2.05) is 25.1 Å². The van der Waals surface area contributed by atoms with Crippen molar-refractivity contribution in [3.05, 3.63) is 35.0 Å². The van der Waals surface area contributed by atoms with E-state index in [9.17, 15) is 9.90 Å². The van der Waals surface area contributed by atoms with Gasteiger partial charge in [-0.3, -0.25) is 4.79 Å². The predicted molar refractivity (Wildman–Crippen MR) is 90.2 cm³/mol. The average molecular weight is 332 g/mol. The van der Waals surface area contributed by atoms with Gasteiger partial charge in [0, 0.05) is 11.9 Å². The molecule has 0 radical (unpaired) electrons. The van der Waals surface area contributed by atoms with Crippen LogP contribution in [0.5, 0.6) is 0 Å². The summed E-state index contributed by atoms with van der Waals surface area (Å²) in [4.78, 5) is 16.4. The number of nitrogen functional groups attached to an aromatic ring is 1. The number of carboxylic acid groups (broad SMARTS) is 1. The number of anilines is 1. The van der Waals surface area contributed by atoms with Gasteiger partial charge in [-0.15, -0.1) is 11.3 Å². The smallest absolute Gasteiger partial charge is 0.306 e. The van der Waals surface area contributed by atoms with E-state index in [0.29, 0.717) is 36.4 Å². The topological polar surface area (TPSA) is 96.4 Å². The van der Waals surface area contributed by atoms with Crippen LogP contribution in [-0.2, 0) is 10.4 Å². The molecule has 1 fully saturated rings. The number of carbonyl (C=O) groups is 1. The largest absolute Gasteiger partial charge is 0.481 e. The number of hydrogen-bond acceptors (Lipinski definition) is 5. The van der Waals surface area contributed by atoms with Crippen LogP contribution in [-0.4, -0.2) is 21.2 Å². The monoisotopic (exact) mass is 332 g/mol. The Hall–Kier alpha value is -1.92. The van der Waals surface area contributed by atoms with E-state index in [2.05, 4.69) is 4.98 Å². The number of aliphatic hydroxyl groups is 1. The number of carboxylic acids is 1. The number of hydrogen-bond donors (Lipinski definition) is 3. The Kier molecular flexibility index (Phi) is 4.12. The third-order valence-electron chi connectivity index (χ3n) is 4.45. The summed E-state index contributed by atoms with van der Waals surface area (Å²) in [7, 11) is 0. The number of thiazole rings is 1. The molecule has 0 amide bonds. The molecular formula is C17H20N2O3S. The van der Waals surface area contributed by atoms with E-state index in [-0.39, 0.29) is 5.92 Å². The Balaban J connectivity index is 1.83. The first-order valence-electron chi connectivity index (χ1n) is 7.66. The highest BCUT2D eigenvalue weighted by molar-refractivity contribution is 7.15. The van der Waals surface area contributed by atoms with Gasteiger partial charge >= 0.3 is 5.97 Å². The molecule has 0 saturated heterocycles. The van der Waals surface area contributed by atoms with Crippen LogP contribution in [0.3, 0.4) is 0 Å². The maximum atomic E-state index is 11.0. The van der Waals surface area contributed by atoms with Gasteiger partial charge in [-0.05, 0) is 55.9 Å². The van der Waals surface area contributed by atoms with Crippen LogP contribution in [0.1, 0.15) is 36.3 Å². The second-order valence-electron chi connectivity index (χ2n) is 6.31. The van der Waals surface area contributed by atoms with E-state index < -0.39 is 11.6 Å². The summed E-state index contributed by atoms with van der Waals surface area (Å²) < 4.78 is 0. The summed E-state index contributed by atoms with van der Waals surface area (Å²) in [6.07, 6.45) is 3.60. The van der Waals surface area contributed by atoms with E-state index >= 15 is 0 Å². The van der Waals surface area contributed by atoms with Gasteiger partial charge in [-0.25, -0.2) is 4.98 Å². The Bertz CT molecular complexity index is 713. The number of nitrogens with zero attached hydrogens (tertiary/aromatic N) is 1. The van der Waals surface area contributed by atoms with Crippen molar-refractivity contribution < 1.29 is 15.0 Å². The van der Waals surface area contributed by atoms with Crippen molar-refractivity contribution in [1.82, 2.24) is 4.98 Å². The highest BCUT2D eigenvalue weighted by atomic mass is 32.1. The van der Waals surface area contributed by atoms with Gasteiger partial charge in [-0.1, -0.05) is 6.07 Å².